The predicted molar refractivity (Wildman–Crippen MR) is 107 cm³/mol. The highest BCUT2D eigenvalue weighted by Crippen LogP contribution is 2.14. The van der Waals surface area contributed by atoms with Gasteiger partial charge < -0.3 is 10.1 Å². The van der Waals surface area contributed by atoms with E-state index in [0.29, 0.717) is 24.1 Å². The fourth-order valence-electron chi connectivity index (χ4n) is 2.80. The van der Waals surface area contributed by atoms with Crippen molar-refractivity contribution in [2.24, 2.45) is 0 Å². The maximum absolute atomic E-state index is 12.5. The molecule has 27 heavy (non-hydrogen) atoms. The number of aryl methyl sites for hydroxylation is 1. The average Bonchev–Trinajstić information content (AvgIpc) is 2.67. The van der Waals surface area contributed by atoms with Gasteiger partial charge in [-0.1, -0.05) is 40.2 Å². The first-order valence-corrected chi connectivity index (χ1v) is 9.34. The number of ether oxygens (including phenoxy) is 1. The number of carbonyl (C=O) groups is 1. The fraction of sp³-hybridized carbons (Fsp3) is 0.250. The maximum Gasteiger partial charge on any atom is 0.261 e. The molecule has 1 amide bonds. The molecule has 0 saturated heterocycles. The lowest BCUT2D eigenvalue weighted by Crippen LogP contribution is -2.27. The molecule has 1 heterocycles. The average molecular weight is 430 g/mol. The maximum atomic E-state index is 12.5. The van der Waals surface area contributed by atoms with Crippen molar-refractivity contribution in [3.05, 3.63) is 74.7 Å². The van der Waals surface area contributed by atoms with E-state index < -0.39 is 0 Å². The Morgan fingerprint density at radius 3 is 2.85 bits per heavy atom. The minimum atomic E-state index is -0.152. The molecule has 0 spiro atoms. The molecule has 0 aliphatic heterocycles. The van der Waals surface area contributed by atoms with E-state index in [1.165, 1.54) is 10.9 Å². The molecule has 0 saturated carbocycles. The Morgan fingerprint density at radius 2 is 2.04 bits per heavy atom. The number of fused-ring (bicyclic) bond motifs is 1. The number of benzene rings is 2. The summed E-state index contributed by atoms with van der Waals surface area (Å²) in [7, 11) is 1.65. The van der Waals surface area contributed by atoms with Crippen LogP contribution in [0.4, 0.5) is 0 Å². The van der Waals surface area contributed by atoms with Crippen LogP contribution in [0.15, 0.2) is 58.1 Å². The van der Waals surface area contributed by atoms with Gasteiger partial charge in [-0.15, -0.1) is 0 Å². The number of rotatable bonds is 7. The molecule has 3 rings (SSSR count). The standard InChI is InChI=1S/C20H20BrN3O3/c1-27-12-15-4-2-3-14(9-15)11-22-19(25)7-8-24-13-23-18-6-5-16(21)10-17(18)20(24)26/h2-6,9-10,13H,7-8,11-12H2,1H3,(H,22,25). The first kappa shape index (κ1) is 19.3. The number of halogens is 1. The van der Waals surface area contributed by atoms with Crippen LogP contribution in [0.25, 0.3) is 10.9 Å². The van der Waals surface area contributed by atoms with E-state index >= 15 is 0 Å². The Bertz CT molecular complexity index is 1020. The van der Waals surface area contributed by atoms with Crippen LogP contribution >= 0.6 is 15.9 Å². The zero-order chi connectivity index (χ0) is 19.2. The second kappa shape index (κ2) is 8.92. The van der Waals surface area contributed by atoms with Crippen molar-refractivity contribution >= 4 is 32.7 Å². The quantitative estimate of drug-likeness (QED) is 0.626. The van der Waals surface area contributed by atoms with Crippen molar-refractivity contribution in [3.63, 3.8) is 0 Å². The molecule has 0 radical (unpaired) electrons. The number of nitrogens with one attached hydrogen (secondary N) is 1. The second-order valence-corrected chi connectivity index (χ2v) is 7.10. The molecule has 3 aromatic rings. The van der Waals surface area contributed by atoms with Crippen LogP contribution in [0.5, 0.6) is 0 Å². The van der Waals surface area contributed by atoms with Gasteiger partial charge in [-0.25, -0.2) is 4.98 Å². The fourth-order valence-corrected chi connectivity index (χ4v) is 3.16. The lowest BCUT2D eigenvalue weighted by atomic mass is 10.1. The number of amides is 1. The summed E-state index contributed by atoms with van der Waals surface area (Å²) >= 11 is 3.36. The van der Waals surface area contributed by atoms with Gasteiger partial charge in [0.25, 0.3) is 5.56 Å². The minimum Gasteiger partial charge on any atom is -0.380 e. The molecule has 0 aliphatic carbocycles. The summed E-state index contributed by atoms with van der Waals surface area (Å²) in [4.78, 5) is 29.0. The zero-order valence-electron chi connectivity index (χ0n) is 14.9. The number of hydrogen-bond acceptors (Lipinski definition) is 4. The molecule has 0 atom stereocenters. The van der Waals surface area contributed by atoms with Crippen LogP contribution in [0.1, 0.15) is 17.5 Å². The van der Waals surface area contributed by atoms with E-state index in [1.54, 1.807) is 19.2 Å². The van der Waals surface area contributed by atoms with Crippen molar-refractivity contribution in [1.29, 1.82) is 0 Å². The number of methoxy groups -OCH3 is 1. The first-order valence-electron chi connectivity index (χ1n) is 8.55. The van der Waals surface area contributed by atoms with Crippen molar-refractivity contribution in [2.45, 2.75) is 26.1 Å². The Hall–Kier alpha value is -2.51. The molecule has 0 unspecified atom stereocenters. The van der Waals surface area contributed by atoms with Gasteiger partial charge in [0.15, 0.2) is 0 Å². The van der Waals surface area contributed by atoms with Crippen LogP contribution in [0.2, 0.25) is 0 Å². The molecule has 1 aromatic heterocycles. The highest BCUT2D eigenvalue weighted by molar-refractivity contribution is 9.10. The van der Waals surface area contributed by atoms with Crippen molar-refractivity contribution in [1.82, 2.24) is 14.9 Å². The van der Waals surface area contributed by atoms with E-state index in [1.807, 2.05) is 30.3 Å². The molecule has 6 nitrogen and oxygen atoms in total. The monoisotopic (exact) mass is 429 g/mol. The Morgan fingerprint density at radius 1 is 1.22 bits per heavy atom. The molecule has 0 aliphatic rings. The van der Waals surface area contributed by atoms with E-state index in [2.05, 4.69) is 26.2 Å². The van der Waals surface area contributed by atoms with Gasteiger partial charge >= 0.3 is 0 Å². The topological polar surface area (TPSA) is 73.2 Å². The van der Waals surface area contributed by atoms with Crippen molar-refractivity contribution in [2.75, 3.05) is 7.11 Å². The van der Waals surface area contributed by atoms with Crippen molar-refractivity contribution < 1.29 is 9.53 Å². The molecular weight excluding hydrogens is 410 g/mol. The summed E-state index contributed by atoms with van der Waals surface area (Å²) in [5.74, 6) is -0.117. The Balaban J connectivity index is 1.59. The zero-order valence-corrected chi connectivity index (χ0v) is 16.5. The summed E-state index contributed by atoms with van der Waals surface area (Å²) < 4.78 is 7.40. The van der Waals surface area contributed by atoms with Gasteiger partial charge in [0, 0.05) is 31.1 Å². The molecule has 0 bridgehead atoms. The molecule has 0 fully saturated rings. The smallest absolute Gasteiger partial charge is 0.261 e. The highest BCUT2D eigenvalue weighted by Gasteiger charge is 2.07. The van der Waals surface area contributed by atoms with Gasteiger partial charge in [0.05, 0.1) is 23.8 Å². The van der Waals surface area contributed by atoms with Gasteiger partial charge in [0.2, 0.25) is 5.91 Å². The third-order valence-corrected chi connectivity index (χ3v) is 4.65. The predicted octanol–water partition coefficient (Wildman–Crippen LogP) is 3.01. The highest BCUT2D eigenvalue weighted by atomic mass is 79.9. The number of aromatic nitrogens is 2. The van der Waals surface area contributed by atoms with Gasteiger partial charge in [-0.2, -0.15) is 0 Å². The molecule has 1 N–H and O–H groups in total. The summed E-state index contributed by atoms with van der Waals surface area (Å²) in [6, 6.07) is 13.2. The number of carbonyl (C=O) groups excluding carboxylic acids is 1. The second-order valence-electron chi connectivity index (χ2n) is 6.18. The van der Waals surface area contributed by atoms with Gasteiger partial charge in [0.1, 0.15) is 0 Å². The molecule has 140 valence electrons. The minimum absolute atomic E-state index is 0.117. The van der Waals surface area contributed by atoms with E-state index in [4.69, 9.17) is 4.74 Å². The number of nitrogens with zero attached hydrogens (tertiary/aromatic N) is 2. The summed E-state index contributed by atoms with van der Waals surface area (Å²) in [6.45, 7) is 1.26. The summed E-state index contributed by atoms with van der Waals surface area (Å²) in [5.41, 5.74) is 2.55. The third-order valence-electron chi connectivity index (χ3n) is 4.16. The van der Waals surface area contributed by atoms with Crippen LogP contribution < -0.4 is 10.9 Å². The SMILES string of the molecule is COCc1cccc(CNC(=O)CCn2cnc3ccc(Br)cc3c2=O)c1. The first-order chi connectivity index (χ1) is 13.1. The van der Waals surface area contributed by atoms with Crippen LogP contribution in [0.3, 0.4) is 0 Å². The largest absolute Gasteiger partial charge is 0.380 e. The van der Waals surface area contributed by atoms with Crippen molar-refractivity contribution in [3.8, 4) is 0 Å². The van der Waals surface area contributed by atoms with E-state index in [0.717, 1.165) is 15.6 Å². The number of hydrogen-bond donors (Lipinski definition) is 1. The van der Waals surface area contributed by atoms with Crippen LogP contribution in [0, 0.1) is 0 Å². The Kier molecular flexibility index (Phi) is 6.36. The lowest BCUT2D eigenvalue weighted by molar-refractivity contribution is -0.121. The normalized spacial score (nSPS) is 10.9. The van der Waals surface area contributed by atoms with E-state index in [-0.39, 0.29) is 24.4 Å². The van der Waals surface area contributed by atoms with E-state index in [9.17, 15) is 9.59 Å². The van der Waals surface area contributed by atoms with Crippen LogP contribution in [-0.2, 0) is 29.2 Å². The van der Waals surface area contributed by atoms with Gasteiger partial charge in [-0.3, -0.25) is 14.2 Å². The Labute approximate surface area is 165 Å². The molecular formula is C20H20BrN3O3. The third kappa shape index (κ3) is 5.02. The summed E-state index contributed by atoms with van der Waals surface area (Å²) in [5, 5.41) is 3.41. The van der Waals surface area contributed by atoms with Crippen LogP contribution in [-0.4, -0.2) is 22.6 Å². The van der Waals surface area contributed by atoms with Gasteiger partial charge in [-0.05, 0) is 29.3 Å². The lowest BCUT2D eigenvalue weighted by Gasteiger charge is -2.09. The molecule has 2 aromatic carbocycles. The summed E-state index contributed by atoms with van der Waals surface area (Å²) in [6.07, 6.45) is 1.69. The molecule has 7 heteroatoms.